The largest absolute Gasteiger partial charge is 0.497 e. The first-order chi connectivity index (χ1) is 8.66. The SMILES string of the molecule is CNC(c1ccc(OC)cc1C)C1(OC)CCC1. The van der Waals surface area contributed by atoms with Crippen molar-refractivity contribution < 1.29 is 9.47 Å². The highest BCUT2D eigenvalue weighted by Crippen LogP contribution is 2.45. The van der Waals surface area contributed by atoms with E-state index >= 15 is 0 Å². The molecule has 0 spiro atoms. The standard InChI is InChI=1S/C15H23NO2/c1-11-10-12(17-3)6-7-13(11)14(16-2)15(18-4)8-5-9-15/h6-7,10,14,16H,5,8-9H2,1-4H3. The molecule has 1 saturated carbocycles. The highest BCUT2D eigenvalue weighted by atomic mass is 16.5. The minimum atomic E-state index is -0.0336. The fraction of sp³-hybridized carbons (Fsp3) is 0.600. The third kappa shape index (κ3) is 2.13. The second-order valence-corrected chi connectivity index (χ2v) is 5.07. The zero-order valence-corrected chi connectivity index (χ0v) is 11.7. The van der Waals surface area contributed by atoms with Crippen LogP contribution in [0.3, 0.4) is 0 Å². The summed E-state index contributed by atoms with van der Waals surface area (Å²) in [6.07, 6.45) is 3.50. The van der Waals surface area contributed by atoms with E-state index in [4.69, 9.17) is 9.47 Å². The van der Waals surface area contributed by atoms with Crippen molar-refractivity contribution in [3.63, 3.8) is 0 Å². The molecule has 1 aromatic rings. The van der Waals surface area contributed by atoms with E-state index in [-0.39, 0.29) is 11.6 Å². The smallest absolute Gasteiger partial charge is 0.119 e. The number of benzene rings is 1. The van der Waals surface area contributed by atoms with Gasteiger partial charge in [-0.05, 0) is 56.5 Å². The zero-order chi connectivity index (χ0) is 13.2. The Labute approximate surface area is 109 Å². The molecule has 1 atom stereocenters. The van der Waals surface area contributed by atoms with Crippen molar-refractivity contribution in [2.45, 2.75) is 37.8 Å². The van der Waals surface area contributed by atoms with Crippen LogP contribution in [0.25, 0.3) is 0 Å². The van der Waals surface area contributed by atoms with Crippen LogP contribution in [-0.2, 0) is 4.74 Å². The zero-order valence-electron chi connectivity index (χ0n) is 11.7. The maximum Gasteiger partial charge on any atom is 0.119 e. The van der Waals surface area contributed by atoms with Crippen molar-refractivity contribution in [2.75, 3.05) is 21.3 Å². The van der Waals surface area contributed by atoms with Gasteiger partial charge in [-0.15, -0.1) is 0 Å². The summed E-state index contributed by atoms with van der Waals surface area (Å²) in [6, 6.07) is 6.51. The molecule has 1 aliphatic rings. The highest BCUT2D eigenvalue weighted by molar-refractivity contribution is 5.38. The van der Waals surface area contributed by atoms with E-state index in [2.05, 4.69) is 24.4 Å². The monoisotopic (exact) mass is 249 g/mol. The quantitative estimate of drug-likeness (QED) is 0.870. The van der Waals surface area contributed by atoms with Crippen molar-refractivity contribution in [3.05, 3.63) is 29.3 Å². The minimum absolute atomic E-state index is 0.0336. The molecule has 2 rings (SSSR count). The Morgan fingerprint density at radius 3 is 2.39 bits per heavy atom. The van der Waals surface area contributed by atoms with Crippen LogP contribution < -0.4 is 10.1 Å². The number of ether oxygens (including phenoxy) is 2. The lowest BCUT2D eigenvalue weighted by Gasteiger charge is -2.47. The molecule has 3 heteroatoms. The number of aryl methyl sites for hydroxylation is 1. The molecule has 0 saturated heterocycles. The second-order valence-electron chi connectivity index (χ2n) is 5.07. The van der Waals surface area contributed by atoms with Gasteiger partial charge in [-0.3, -0.25) is 0 Å². The number of likely N-dealkylation sites (N-methyl/N-ethyl adjacent to an activating group) is 1. The molecule has 100 valence electrons. The lowest BCUT2D eigenvalue weighted by molar-refractivity contribution is -0.0984. The molecule has 1 aromatic carbocycles. The van der Waals surface area contributed by atoms with Gasteiger partial charge in [-0.1, -0.05) is 6.07 Å². The highest BCUT2D eigenvalue weighted by Gasteiger charge is 2.44. The average Bonchev–Trinajstić information content (AvgIpc) is 2.34. The van der Waals surface area contributed by atoms with Crippen LogP contribution in [0.2, 0.25) is 0 Å². The maximum absolute atomic E-state index is 5.80. The molecule has 0 amide bonds. The van der Waals surface area contributed by atoms with Gasteiger partial charge in [-0.2, -0.15) is 0 Å². The topological polar surface area (TPSA) is 30.5 Å². The number of methoxy groups -OCH3 is 2. The van der Waals surface area contributed by atoms with Crippen LogP contribution in [0.4, 0.5) is 0 Å². The van der Waals surface area contributed by atoms with Crippen LogP contribution >= 0.6 is 0 Å². The molecular formula is C15H23NO2. The summed E-state index contributed by atoms with van der Waals surface area (Å²) < 4.78 is 11.1. The molecule has 1 fully saturated rings. The van der Waals surface area contributed by atoms with Crippen molar-refractivity contribution >= 4 is 0 Å². The van der Waals surface area contributed by atoms with Crippen LogP contribution in [0, 0.1) is 6.92 Å². The summed E-state index contributed by atoms with van der Waals surface area (Å²) in [5, 5.41) is 3.42. The first kappa shape index (κ1) is 13.4. The minimum Gasteiger partial charge on any atom is -0.497 e. The van der Waals surface area contributed by atoms with E-state index in [0.717, 1.165) is 18.6 Å². The van der Waals surface area contributed by atoms with E-state index in [1.54, 1.807) is 7.11 Å². The molecule has 3 nitrogen and oxygen atoms in total. The first-order valence-electron chi connectivity index (χ1n) is 6.54. The molecular weight excluding hydrogens is 226 g/mol. The van der Waals surface area contributed by atoms with Crippen molar-refractivity contribution in [1.82, 2.24) is 5.32 Å². The Morgan fingerprint density at radius 2 is 2.00 bits per heavy atom. The van der Waals surface area contributed by atoms with Crippen LogP contribution in [0.15, 0.2) is 18.2 Å². The molecule has 0 aromatic heterocycles. The van der Waals surface area contributed by atoms with Crippen LogP contribution in [0.1, 0.15) is 36.4 Å². The predicted octanol–water partition coefficient (Wildman–Crippen LogP) is 2.83. The Morgan fingerprint density at radius 1 is 1.28 bits per heavy atom. The third-order valence-corrected chi connectivity index (χ3v) is 4.21. The van der Waals surface area contributed by atoms with Gasteiger partial charge in [0.1, 0.15) is 5.75 Å². The van der Waals surface area contributed by atoms with Gasteiger partial charge >= 0.3 is 0 Å². The van der Waals surface area contributed by atoms with E-state index in [1.165, 1.54) is 17.5 Å². The van der Waals surface area contributed by atoms with Gasteiger partial charge in [0, 0.05) is 7.11 Å². The fourth-order valence-electron chi connectivity index (χ4n) is 2.94. The lowest BCUT2D eigenvalue weighted by atomic mass is 9.71. The molecule has 1 unspecified atom stereocenters. The summed E-state index contributed by atoms with van der Waals surface area (Å²) in [6.45, 7) is 2.13. The summed E-state index contributed by atoms with van der Waals surface area (Å²) >= 11 is 0. The van der Waals surface area contributed by atoms with E-state index in [0.29, 0.717) is 0 Å². The summed E-state index contributed by atoms with van der Waals surface area (Å²) in [7, 11) is 5.53. The second kappa shape index (κ2) is 5.29. The first-order valence-corrected chi connectivity index (χ1v) is 6.54. The predicted molar refractivity (Wildman–Crippen MR) is 73.1 cm³/mol. The Bertz CT molecular complexity index is 407. The molecule has 1 N–H and O–H groups in total. The Kier molecular flexibility index (Phi) is 3.93. The average molecular weight is 249 g/mol. The van der Waals surface area contributed by atoms with E-state index < -0.39 is 0 Å². The summed E-state index contributed by atoms with van der Waals surface area (Å²) in [5.74, 6) is 0.908. The number of rotatable bonds is 5. The van der Waals surface area contributed by atoms with Crippen LogP contribution in [-0.4, -0.2) is 26.9 Å². The van der Waals surface area contributed by atoms with Crippen molar-refractivity contribution in [1.29, 1.82) is 0 Å². The molecule has 0 heterocycles. The van der Waals surface area contributed by atoms with Gasteiger partial charge in [0.15, 0.2) is 0 Å². The Hall–Kier alpha value is -1.06. The van der Waals surface area contributed by atoms with Crippen LogP contribution in [0.5, 0.6) is 5.75 Å². The molecule has 0 radical (unpaired) electrons. The number of hydrogen-bond acceptors (Lipinski definition) is 3. The fourth-order valence-corrected chi connectivity index (χ4v) is 2.94. The van der Waals surface area contributed by atoms with Gasteiger partial charge in [0.05, 0.1) is 18.8 Å². The van der Waals surface area contributed by atoms with Gasteiger partial charge in [-0.25, -0.2) is 0 Å². The van der Waals surface area contributed by atoms with Gasteiger partial charge < -0.3 is 14.8 Å². The maximum atomic E-state index is 5.80. The normalized spacial score (nSPS) is 19.1. The third-order valence-electron chi connectivity index (χ3n) is 4.21. The van der Waals surface area contributed by atoms with Crippen molar-refractivity contribution in [2.24, 2.45) is 0 Å². The van der Waals surface area contributed by atoms with E-state index in [9.17, 15) is 0 Å². The summed E-state index contributed by atoms with van der Waals surface area (Å²) in [4.78, 5) is 0. The Balaban J connectivity index is 2.33. The molecule has 1 aliphatic carbocycles. The number of hydrogen-bond donors (Lipinski definition) is 1. The van der Waals surface area contributed by atoms with E-state index in [1.807, 2.05) is 20.2 Å². The van der Waals surface area contributed by atoms with Gasteiger partial charge in [0.2, 0.25) is 0 Å². The molecule has 0 bridgehead atoms. The molecule has 18 heavy (non-hydrogen) atoms. The molecule has 0 aliphatic heterocycles. The number of nitrogens with one attached hydrogen (secondary N) is 1. The van der Waals surface area contributed by atoms with Gasteiger partial charge in [0.25, 0.3) is 0 Å². The summed E-state index contributed by atoms with van der Waals surface area (Å²) in [5.41, 5.74) is 2.52. The lowest BCUT2D eigenvalue weighted by Crippen LogP contribution is -2.49. The van der Waals surface area contributed by atoms with Crippen molar-refractivity contribution in [3.8, 4) is 5.75 Å².